The van der Waals surface area contributed by atoms with E-state index in [1.165, 1.54) is 13.2 Å². The molecule has 0 spiro atoms. The second-order valence-electron chi connectivity index (χ2n) is 3.18. The summed E-state index contributed by atoms with van der Waals surface area (Å²) < 4.78 is 36.8. The molecule has 0 aliphatic rings. The summed E-state index contributed by atoms with van der Waals surface area (Å²) in [5, 5.41) is 3.10. The quantitative estimate of drug-likeness (QED) is 0.844. The first kappa shape index (κ1) is 11.7. The van der Waals surface area contributed by atoms with Gasteiger partial charge in [0.05, 0.1) is 12.7 Å². The third kappa shape index (κ3) is 1.91. The van der Waals surface area contributed by atoms with E-state index < -0.39 is 17.2 Å². The molecule has 0 radical (unpaired) electrons. The molecule has 0 unspecified atom stereocenters. The summed E-state index contributed by atoms with van der Waals surface area (Å²) in [4.78, 5) is 0. The van der Waals surface area contributed by atoms with E-state index in [4.69, 9.17) is 22.1 Å². The average molecular weight is 261 g/mol. The Morgan fingerprint density at radius 2 is 2.12 bits per heavy atom. The van der Waals surface area contributed by atoms with Crippen molar-refractivity contribution in [2.24, 2.45) is 0 Å². The minimum absolute atomic E-state index is 0.0502. The van der Waals surface area contributed by atoms with E-state index >= 15 is 0 Å². The molecule has 1 heterocycles. The molecular weight excluding hydrogens is 254 g/mol. The fraction of sp³-hybridized carbons (Fsp3) is 0.100. The van der Waals surface area contributed by atoms with E-state index in [1.54, 1.807) is 0 Å². The van der Waals surface area contributed by atoms with Gasteiger partial charge in [-0.15, -0.1) is 0 Å². The van der Waals surface area contributed by atoms with Gasteiger partial charge >= 0.3 is 0 Å². The van der Waals surface area contributed by atoms with E-state index in [2.05, 4.69) is 9.68 Å². The summed E-state index contributed by atoms with van der Waals surface area (Å²) in [6, 6.07) is 2.16. The highest BCUT2D eigenvalue weighted by Gasteiger charge is 2.21. The van der Waals surface area contributed by atoms with Crippen LogP contribution in [0.4, 0.5) is 14.7 Å². The van der Waals surface area contributed by atoms with Crippen molar-refractivity contribution in [3.63, 3.8) is 0 Å². The number of nitrogens with two attached hydrogens (primary N) is 1. The standard InChI is InChI=1S/C10H7ClF2N2O2/c1-16-6-2-4(12)8(10(13)9(6)11)5-3-7(14)17-15-5/h2-3H,14H2,1H3. The summed E-state index contributed by atoms with van der Waals surface area (Å²) in [5.41, 5.74) is 4.80. The van der Waals surface area contributed by atoms with Gasteiger partial charge in [-0.25, -0.2) is 8.78 Å². The van der Waals surface area contributed by atoms with Crippen LogP contribution in [0.2, 0.25) is 5.02 Å². The molecule has 0 saturated carbocycles. The number of halogens is 3. The van der Waals surface area contributed by atoms with Gasteiger partial charge in [-0.05, 0) is 0 Å². The molecule has 0 aliphatic heterocycles. The van der Waals surface area contributed by atoms with Crippen LogP contribution in [0.5, 0.6) is 5.75 Å². The zero-order chi connectivity index (χ0) is 12.6. The van der Waals surface area contributed by atoms with Crippen LogP contribution < -0.4 is 10.5 Å². The van der Waals surface area contributed by atoms with Gasteiger partial charge in [-0.2, -0.15) is 0 Å². The molecule has 2 rings (SSSR count). The van der Waals surface area contributed by atoms with Crippen molar-refractivity contribution in [1.82, 2.24) is 5.16 Å². The summed E-state index contributed by atoms with van der Waals surface area (Å²) in [6.07, 6.45) is 0. The number of ether oxygens (including phenoxy) is 1. The Morgan fingerprint density at radius 3 is 2.65 bits per heavy atom. The first-order valence-electron chi connectivity index (χ1n) is 4.48. The van der Waals surface area contributed by atoms with Crippen LogP contribution in [-0.2, 0) is 0 Å². The number of nitrogens with zero attached hydrogens (tertiary/aromatic N) is 1. The van der Waals surface area contributed by atoms with Crippen LogP contribution in [0.1, 0.15) is 0 Å². The van der Waals surface area contributed by atoms with Gasteiger partial charge in [0.1, 0.15) is 22.3 Å². The lowest BCUT2D eigenvalue weighted by atomic mass is 10.1. The number of hydrogen-bond donors (Lipinski definition) is 1. The van der Waals surface area contributed by atoms with Gasteiger partial charge < -0.3 is 15.0 Å². The summed E-state index contributed by atoms with van der Waals surface area (Å²) in [5.74, 6) is -1.98. The highest BCUT2D eigenvalue weighted by Crippen LogP contribution is 2.36. The van der Waals surface area contributed by atoms with E-state index in [0.29, 0.717) is 0 Å². The molecule has 7 heteroatoms. The minimum atomic E-state index is -0.975. The van der Waals surface area contributed by atoms with E-state index in [1.807, 2.05) is 0 Å². The van der Waals surface area contributed by atoms with Gasteiger partial charge in [0.25, 0.3) is 0 Å². The first-order chi connectivity index (χ1) is 8.04. The molecule has 1 aromatic carbocycles. The van der Waals surface area contributed by atoms with Crippen molar-refractivity contribution < 1.29 is 18.0 Å². The lowest BCUT2D eigenvalue weighted by Crippen LogP contribution is -1.95. The number of benzene rings is 1. The highest BCUT2D eigenvalue weighted by molar-refractivity contribution is 6.32. The molecule has 0 atom stereocenters. The largest absolute Gasteiger partial charge is 0.495 e. The van der Waals surface area contributed by atoms with Crippen LogP contribution in [0, 0.1) is 11.6 Å². The summed E-state index contributed by atoms with van der Waals surface area (Å²) in [7, 11) is 1.26. The monoisotopic (exact) mass is 260 g/mol. The molecule has 17 heavy (non-hydrogen) atoms. The molecule has 0 bridgehead atoms. The van der Waals surface area contributed by atoms with Gasteiger partial charge in [-0.3, -0.25) is 0 Å². The molecule has 0 saturated heterocycles. The van der Waals surface area contributed by atoms with Crippen molar-refractivity contribution in [1.29, 1.82) is 0 Å². The van der Waals surface area contributed by atoms with Crippen LogP contribution >= 0.6 is 11.6 Å². The fourth-order valence-corrected chi connectivity index (χ4v) is 1.59. The Morgan fingerprint density at radius 1 is 1.41 bits per heavy atom. The second-order valence-corrected chi connectivity index (χ2v) is 3.56. The molecule has 1 aromatic heterocycles. The fourth-order valence-electron chi connectivity index (χ4n) is 1.36. The molecular formula is C10H7ClF2N2O2. The van der Waals surface area contributed by atoms with Crippen LogP contribution in [-0.4, -0.2) is 12.3 Å². The molecule has 2 N–H and O–H groups in total. The zero-order valence-corrected chi connectivity index (χ0v) is 9.39. The highest BCUT2D eigenvalue weighted by atomic mass is 35.5. The number of nitrogen functional groups attached to an aromatic ring is 1. The number of anilines is 1. The normalized spacial score (nSPS) is 10.6. The van der Waals surface area contributed by atoms with Crippen LogP contribution in [0.25, 0.3) is 11.3 Å². The second kappa shape index (κ2) is 4.21. The molecule has 90 valence electrons. The Hall–Kier alpha value is -1.82. The number of aromatic nitrogens is 1. The van der Waals surface area contributed by atoms with Gasteiger partial charge in [-0.1, -0.05) is 16.8 Å². The predicted octanol–water partition coefficient (Wildman–Crippen LogP) is 2.86. The Bertz CT molecular complexity index is 572. The van der Waals surface area contributed by atoms with E-state index in [9.17, 15) is 8.78 Å². The maximum atomic E-state index is 13.8. The van der Waals surface area contributed by atoms with Crippen LogP contribution in [0.3, 0.4) is 0 Å². The maximum absolute atomic E-state index is 13.8. The Balaban J connectivity index is 2.66. The SMILES string of the molecule is COc1cc(F)c(-c2cc(N)on2)c(F)c1Cl. The van der Waals surface area contributed by atoms with Crippen molar-refractivity contribution in [3.8, 4) is 17.0 Å². The molecule has 0 aliphatic carbocycles. The van der Waals surface area contributed by atoms with E-state index in [-0.39, 0.29) is 22.4 Å². The maximum Gasteiger partial charge on any atom is 0.222 e. The first-order valence-corrected chi connectivity index (χ1v) is 4.86. The van der Waals surface area contributed by atoms with E-state index in [0.717, 1.165) is 6.07 Å². The Kier molecular flexibility index (Phi) is 2.89. The smallest absolute Gasteiger partial charge is 0.222 e. The van der Waals surface area contributed by atoms with Gasteiger partial charge in [0, 0.05) is 12.1 Å². The molecule has 0 fully saturated rings. The molecule has 4 nitrogen and oxygen atoms in total. The van der Waals surface area contributed by atoms with Crippen molar-refractivity contribution in [2.45, 2.75) is 0 Å². The predicted molar refractivity (Wildman–Crippen MR) is 57.8 cm³/mol. The minimum Gasteiger partial charge on any atom is -0.495 e. The summed E-state index contributed by atoms with van der Waals surface area (Å²) >= 11 is 5.67. The lowest BCUT2D eigenvalue weighted by molar-refractivity contribution is 0.407. The zero-order valence-electron chi connectivity index (χ0n) is 8.63. The summed E-state index contributed by atoms with van der Waals surface area (Å²) in [6.45, 7) is 0. The number of methoxy groups -OCH3 is 1. The number of rotatable bonds is 2. The Labute approximate surface area is 99.9 Å². The van der Waals surface area contributed by atoms with Gasteiger partial charge in [0.2, 0.25) is 5.88 Å². The average Bonchev–Trinajstić information content (AvgIpc) is 2.70. The van der Waals surface area contributed by atoms with Crippen LogP contribution in [0.15, 0.2) is 16.7 Å². The van der Waals surface area contributed by atoms with Crippen molar-refractivity contribution >= 4 is 17.5 Å². The molecule has 2 aromatic rings. The molecule has 0 amide bonds. The topological polar surface area (TPSA) is 61.3 Å². The van der Waals surface area contributed by atoms with Crippen molar-refractivity contribution in [3.05, 3.63) is 28.8 Å². The van der Waals surface area contributed by atoms with Gasteiger partial charge in [0.15, 0.2) is 5.82 Å². The lowest BCUT2D eigenvalue weighted by Gasteiger charge is -2.07. The van der Waals surface area contributed by atoms with Crippen molar-refractivity contribution in [2.75, 3.05) is 12.8 Å². The number of hydrogen-bond acceptors (Lipinski definition) is 4. The third-order valence-electron chi connectivity index (χ3n) is 2.13. The third-order valence-corrected chi connectivity index (χ3v) is 2.48.